The minimum Gasteiger partial charge on any atom is -0.550 e. The third-order valence-electron chi connectivity index (χ3n) is 2.51. The summed E-state index contributed by atoms with van der Waals surface area (Å²) in [6.45, 7) is 7.13. The second-order valence-electron chi connectivity index (χ2n) is 5.69. The average molecular weight is 278 g/mol. The first-order chi connectivity index (χ1) is 9.17. The van der Waals surface area contributed by atoms with Gasteiger partial charge in [0.2, 0.25) is 0 Å². The molecule has 0 aliphatic carbocycles. The maximum atomic E-state index is 11.8. The van der Waals surface area contributed by atoms with Gasteiger partial charge in [-0.25, -0.2) is 4.79 Å². The fourth-order valence-corrected chi connectivity index (χ4v) is 1.76. The van der Waals surface area contributed by atoms with Crippen LogP contribution < -0.4 is 10.4 Å². The van der Waals surface area contributed by atoms with Gasteiger partial charge in [-0.3, -0.25) is 0 Å². The molecule has 5 heteroatoms. The zero-order valence-electron chi connectivity index (χ0n) is 12.2. The van der Waals surface area contributed by atoms with Gasteiger partial charge < -0.3 is 20.0 Å². The minimum atomic E-state index is -1.23. The lowest BCUT2D eigenvalue weighted by Gasteiger charge is -2.24. The molecule has 0 fully saturated rings. The molecule has 0 aliphatic rings. The number of carboxylic acids is 1. The van der Waals surface area contributed by atoms with E-state index in [0.29, 0.717) is 5.56 Å². The van der Waals surface area contributed by atoms with Crippen LogP contribution in [-0.4, -0.2) is 17.7 Å². The summed E-state index contributed by atoms with van der Waals surface area (Å²) in [5.41, 5.74) is 1.06. The maximum Gasteiger partial charge on any atom is 0.408 e. The van der Waals surface area contributed by atoms with Crippen molar-refractivity contribution in [3.05, 3.63) is 35.4 Å². The van der Waals surface area contributed by atoms with Crippen LogP contribution in [0.15, 0.2) is 24.3 Å². The number of carbonyl (C=O) groups excluding carboxylic acids is 2. The number of carbonyl (C=O) groups is 2. The highest BCUT2D eigenvalue weighted by atomic mass is 16.6. The van der Waals surface area contributed by atoms with Crippen molar-refractivity contribution in [1.82, 2.24) is 5.32 Å². The van der Waals surface area contributed by atoms with Crippen LogP contribution in [-0.2, 0) is 9.53 Å². The highest BCUT2D eigenvalue weighted by Gasteiger charge is 2.20. The number of benzene rings is 1. The number of hydrogen-bond acceptors (Lipinski definition) is 4. The van der Waals surface area contributed by atoms with Gasteiger partial charge in [-0.2, -0.15) is 0 Å². The van der Waals surface area contributed by atoms with E-state index in [1.165, 1.54) is 0 Å². The number of rotatable bonds is 4. The number of nitrogens with one attached hydrogen (secondary N) is 1. The van der Waals surface area contributed by atoms with Crippen LogP contribution in [0.5, 0.6) is 0 Å². The molecule has 0 aliphatic heterocycles. The summed E-state index contributed by atoms with van der Waals surface area (Å²) >= 11 is 0. The molecular formula is C15H20NO4-. The van der Waals surface area contributed by atoms with Crippen LogP contribution in [0.2, 0.25) is 0 Å². The molecule has 0 saturated heterocycles. The summed E-state index contributed by atoms with van der Waals surface area (Å²) in [7, 11) is 0. The SMILES string of the molecule is Cc1cccc([C@@H](CC(=O)[O-])NC(=O)OC(C)(C)C)c1. The second-order valence-corrected chi connectivity index (χ2v) is 5.69. The van der Waals surface area contributed by atoms with Crippen LogP contribution >= 0.6 is 0 Å². The quantitative estimate of drug-likeness (QED) is 0.909. The molecule has 110 valence electrons. The van der Waals surface area contributed by atoms with E-state index in [-0.39, 0.29) is 6.42 Å². The Kier molecular flexibility index (Phi) is 5.13. The largest absolute Gasteiger partial charge is 0.550 e. The summed E-state index contributed by atoms with van der Waals surface area (Å²) in [6.07, 6.45) is -0.951. The molecule has 20 heavy (non-hydrogen) atoms. The molecular weight excluding hydrogens is 258 g/mol. The lowest BCUT2D eigenvalue weighted by Crippen LogP contribution is -2.37. The summed E-state index contributed by atoms with van der Waals surface area (Å²) in [5.74, 6) is -1.23. The summed E-state index contributed by atoms with van der Waals surface area (Å²) < 4.78 is 5.14. The van der Waals surface area contributed by atoms with Gasteiger partial charge in [-0.1, -0.05) is 29.8 Å². The maximum absolute atomic E-state index is 11.8. The molecule has 1 N–H and O–H groups in total. The number of amides is 1. The zero-order chi connectivity index (χ0) is 15.3. The van der Waals surface area contributed by atoms with E-state index in [2.05, 4.69) is 5.32 Å². The van der Waals surface area contributed by atoms with Gasteiger partial charge >= 0.3 is 6.09 Å². The van der Waals surface area contributed by atoms with Gasteiger partial charge in [0.25, 0.3) is 0 Å². The fourth-order valence-electron chi connectivity index (χ4n) is 1.76. The first-order valence-corrected chi connectivity index (χ1v) is 6.43. The number of carboxylic acid groups (broad SMARTS) is 1. The first kappa shape index (κ1) is 16.0. The van der Waals surface area contributed by atoms with E-state index in [1.807, 2.05) is 25.1 Å². The highest BCUT2D eigenvalue weighted by molar-refractivity contribution is 5.71. The smallest absolute Gasteiger partial charge is 0.408 e. The van der Waals surface area contributed by atoms with Crippen molar-refractivity contribution in [3.8, 4) is 0 Å². The predicted molar refractivity (Wildman–Crippen MR) is 72.9 cm³/mol. The number of alkyl carbamates (subject to hydrolysis) is 1. The molecule has 0 bridgehead atoms. The van der Waals surface area contributed by atoms with Gasteiger partial charge in [-0.05, 0) is 33.3 Å². The molecule has 0 unspecified atom stereocenters. The van der Waals surface area contributed by atoms with Crippen LogP contribution in [0.25, 0.3) is 0 Å². The van der Waals surface area contributed by atoms with Crippen molar-refractivity contribution in [2.75, 3.05) is 0 Å². The zero-order valence-corrected chi connectivity index (χ0v) is 12.2. The molecule has 0 heterocycles. The van der Waals surface area contributed by atoms with Crippen molar-refractivity contribution in [2.45, 2.75) is 45.8 Å². The normalized spacial score (nSPS) is 12.6. The molecule has 1 aromatic carbocycles. The van der Waals surface area contributed by atoms with Crippen molar-refractivity contribution < 1.29 is 19.4 Å². The molecule has 0 aromatic heterocycles. The Morgan fingerprint density at radius 3 is 2.50 bits per heavy atom. The Balaban J connectivity index is 2.85. The van der Waals surface area contributed by atoms with Crippen molar-refractivity contribution in [2.24, 2.45) is 0 Å². The Labute approximate surface area is 118 Å². The van der Waals surface area contributed by atoms with Gasteiger partial charge in [0, 0.05) is 12.4 Å². The van der Waals surface area contributed by atoms with Crippen LogP contribution in [0.3, 0.4) is 0 Å². The van der Waals surface area contributed by atoms with E-state index in [0.717, 1.165) is 5.56 Å². The minimum absolute atomic E-state index is 0.303. The van der Waals surface area contributed by atoms with Crippen molar-refractivity contribution in [3.63, 3.8) is 0 Å². The Bertz CT molecular complexity index is 491. The molecule has 1 amide bonds. The predicted octanol–water partition coefficient (Wildman–Crippen LogP) is 1.70. The summed E-state index contributed by atoms with van der Waals surface area (Å²) in [6, 6.07) is 6.62. The lowest BCUT2D eigenvalue weighted by molar-refractivity contribution is -0.306. The lowest BCUT2D eigenvalue weighted by atomic mass is 10.0. The van der Waals surface area contributed by atoms with E-state index in [1.54, 1.807) is 26.8 Å². The van der Waals surface area contributed by atoms with Crippen LogP contribution in [0, 0.1) is 6.92 Å². The van der Waals surface area contributed by atoms with Crippen LogP contribution in [0.1, 0.15) is 44.4 Å². The van der Waals surface area contributed by atoms with E-state index < -0.39 is 23.7 Å². The average Bonchev–Trinajstić information content (AvgIpc) is 2.24. The molecule has 0 spiro atoms. The summed E-state index contributed by atoms with van der Waals surface area (Å²) in [5, 5.41) is 13.4. The van der Waals surface area contributed by atoms with Gasteiger partial charge in [-0.15, -0.1) is 0 Å². The van der Waals surface area contributed by atoms with E-state index >= 15 is 0 Å². The Hall–Kier alpha value is -2.04. The second kappa shape index (κ2) is 6.41. The molecule has 1 atom stereocenters. The molecule has 0 radical (unpaired) electrons. The van der Waals surface area contributed by atoms with Gasteiger partial charge in [0.05, 0.1) is 6.04 Å². The third-order valence-corrected chi connectivity index (χ3v) is 2.51. The topological polar surface area (TPSA) is 78.5 Å². The van der Waals surface area contributed by atoms with Crippen molar-refractivity contribution >= 4 is 12.1 Å². The molecule has 5 nitrogen and oxygen atoms in total. The molecule has 0 saturated carbocycles. The van der Waals surface area contributed by atoms with E-state index in [4.69, 9.17) is 4.74 Å². The monoisotopic (exact) mass is 278 g/mol. The third kappa shape index (κ3) is 5.73. The van der Waals surface area contributed by atoms with E-state index in [9.17, 15) is 14.7 Å². The summed E-state index contributed by atoms with van der Waals surface area (Å²) in [4.78, 5) is 22.6. The fraction of sp³-hybridized carbons (Fsp3) is 0.467. The van der Waals surface area contributed by atoms with Gasteiger partial charge in [0.15, 0.2) is 0 Å². The molecule has 1 rings (SSSR count). The number of aliphatic carboxylic acids is 1. The van der Waals surface area contributed by atoms with Crippen molar-refractivity contribution in [1.29, 1.82) is 0 Å². The highest BCUT2D eigenvalue weighted by Crippen LogP contribution is 2.19. The Morgan fingerprint density at radius 1 is 1.35 bits per heavy atom. The Morgan fingerprint density at radius 2 is 2.00 bits per heavy atom. The van der Waals surface area contributed by atoms with Gasteiger partial charge in [0.1, 0.15) is 5.60 Å². The number of aryl methyl sites for hydroxylation is 1. The standard InChI is InChI=1S/C15H21NO4/c1-10-6-5-7-11(8-10)12(9-13(17)18)16-14(19)20-15(2,3)4/h5-8,12H,9H2,1-4H3,(H,16,19)(H,17,18)/p-1/t12-/m1/s1. The first-order valence-electron chi connectivity index (χ1n) is 6.43. The van der Waals surface area contributed by atoms with Crippen LogP contribution in [0.4, 0.5) is 4.79 Å². The number of ether oxygens (including phenoxy) is 1. The number of hydrogen-bond donors (Lipinski definition) is 1. The molecule has 1 aromatic rings.